The van der Waals surface area contributed by atoms with Gasteiger partial charge >= 0.3 is 0 Å². The van der Waals surface area contributed by atoms with Crippen LogP contribution in [0.25, 0.3) is 17.6 Å². The highest BCUT2D eigenvalue weighted by atomic mass is 32.2. The van der Waals surface area contributed by atoms with E-state index >= 15 is 0 Å². The smallest absolute Gasteiger partial charge is 0.147 e. The van der Waals surface area contributed by atoms with Crippen molar-refractivity contribution in [1.29, 1.82) is 0 Å². The maximum absolute atomic E-state index is 9.93. The number of hydrogen-bond donors (Lipinski definition) is 1. The molecule has 0 saturated heterocycles. The topological polar surface area (TPSA) is 38.1 Å². The molecule has 0 saturated carbocycles. The van der Waals surface area contributed by atoms with Gasteiger partial charge in [-0.05, 0) is 29.7 Å². The molecule has 21 heavy (non-hydrogen) atoms. The van der Waals surface area contributed by atoms with Crippen LogP contribution in [-0.4, -0.2) is 14.7 Å². The van der Waals surface area contributed by atoms with E-state index in [1.54, 1.807) is 30.1 Å². The van der Waals surface area contributed by atoms with Crippen molar-refractivity contribution < 1.29 is 5.11 Å². The van der Waals surface area contributed by atoms with E-state index in [9.17, 15) is 5.11 Å². The molecule has 1 heterocycles. The van der Waals surface area contributed by atoms with Crippen LogP contribution in [0.3, 0.4) is 0 Å². The van der Waals surface area contributed by atoms with Gasteiger partial charge in [0.05, 0.1) is 5.56 Å². The van der Waals surface area contributed by atoms with Crippen molar-refractivity contribution in [2.24, 2.45) is 0 Å². The van der Waals surface area contributed by atoms with Crippen LogP contribution in [0.1, 0.15) is 0 Å². The van der Waals surface area contributed by atoms with Gasteiger partial charge in [-0.1, -0.05) is 42.1 Å². The van der Waals surface area contributed by atoms with Gasteiger partial charge in [0, 0.05) is 23.5 Å². The predicted octanol–water partition coefficient (Wildman–Crippen LogP) is 4.48. The first-order valence-corrected chi connectivity index (χ1v) is 7.42. The molecule has 0 radical (unpaired) electrons. The van der Waals surface area contributed by atoms with Crippen molar-refractivity contribution in [3.8, 4) is 17.1 Å². The average Bonchev–Trinajstić information content (AvgIpc) is 2.97. The first-order chi connectivity index (χ1) is 10.3. The molecule has 3 nitrogen and oxygen atoms in total. The summed E-state index contributed by atoms with van der Waals surface area (Å²) >= 11 is 1.64. The van der Waals surface area contributed by atoms with Crippen LogP contribution in [0.15, 0.2) is 77.3 Å². The lowest BCUT2D eigenvalue weighted by Gasteiger charge is -2.04. The fourth-order valence-electron chi connectivity index (χ4n) is 1.98. The van der Waals surface area contributed by atoms with Gasteiger partial charge in [-0.3, -0.25) is 0 Å². The van der Waals surface area contributed by atoms with E-state index in [0.29, 0.717) is 0 Å². The number of phenols is 1. The second kappa shape index (κ2) is 6.33. The summed E-state index contributed by atoms with van der Waals surface area (Å²) in [4.78, 5) is 5.49. The molecule has 0 fully saturated rings. The van der Waals surface area contributed by atoms with Crippen LogP contribution in [0, 0.1) is 0 Å². The van der Waals surface area contributed by atoms with Crippen LogP contribution >= 0.6 is 11.8 Å². The number of aromatic hydroxyl groups is 1. The average molecular weight is 294 g/mol. The van der Waals surface area contributed by atoms with Crippen LogP contribution in [0.4, 0.5) is 0 Å². The number of aromatic nitrogens is 2. The zero-order chi connectivity index (χ0) is 14.5. The monoisotopic (exact) mass is 294 g/mol. The first kappa shape index (κ1) is 13.5. The van der Waals surface area contributed by atoms with Crippen LogP contribution in [-0.2, 0) is 0 Å². The van der Waals surface area contributed by atoms with E-state index in [1.165, 1.54) is 4.90 Å². The quantitative estimate of drug-likeness (QED) is 0.721. The van der Waals surface area contributed by atoms with E-state index in [-0.39, 0.29) is 5.75 Å². The molecule has 1 aromatic heterocycles. The highest BCUT2D eigenvalue weighted by Gasteiger charge is 2.08. The van der Waals surface area contributed by atoms with Crippen molar-refractivity contribution >= 4 is 18.0 Å². The van der Waals surface area contributed by atoms with Gasteiger partial charge in [0.15, 0.2) is 0 Å². The Hall–Kier alpha value is -2.46. The summed E-state index contributed by atoms with van der Waals surface area (Å²) in [5, 5.41) is 11.9. The van der Waals surface area contributed by atoms with Crippen molar-refractivity contribution in [2.45, 2.75) is 4.90 Å². The van der Waals surface area contributed by atoms with Gasteiger partial charge < -0.3 is 9.67 Å². The number of phenolic OH excluding ortho intramolecular Hbond substituents is 1. The molecule has 4 heteroatoms. The Morgan fingerprint density at radius 3 is 2.57 bits per heavy atom. The summed E-state index contributed by atoms with van der Waals surface area (Å²) in [5.41, 5.74) is 0.719. The molecule has 2 aromatic carbocycles. The summed E-state index contributed by atoms with van der Waals surface area (Å²) < 4.78 is 1.89. The Balaban J connectivity index is 1.82. The third-order valence-corrected chi connectivity index (χ3v) is 3.78. The molecule has 1 N–H and O–H groups in total. The number of para-hydroxylation sites is 1. The molecular weight excluding hydrogens is 280 g/mol. The molecule has 0 spiro atoms. The van der Waals surface area contributed by atoms with E-state index in [4.69, 9.17) is 0 Å². The Morgan fingerprint density at radius 2 is 1.76 bits per heavy atom. The molecule has 3 aromatic rings. The fourth-order valence-corrected chi connectivity index (χ4v) is 2.64. The maximum atomic E-state index is 9.93. The lowest BCUT2D eigenvalue weighted by atomic mass is 10.2. The molecule has 0 atom stereocenters. The van der Waals surface area contributed by atoms with Gasteiger partial charge in [0.1, 0.15) is 11.6 Å². The Bertz CT molecular complexity index is 750. The summed E-state index contributed by atoms with van der Waals surface area (Å²) in [5.74, 6) is 0.951. The summed E-state index contributed by atoms with van der Waals surface area (Å²) in [6, 6.07) is 17.4. The molecule has 3 rings (SSSR count). The Labute approximate surface area is 127 Å². The van der Waals surface area contributed by atoms with E-state index in [2.05, 4.69) is 17.1 Å². The number of rotatable bonds is 4. The molecule has 104 valence electrons. The normalized spacial score (nSPS) is 11.0. The van der Waals surface area contributed by atoms with Gasteiger partial charge in [-0.15, -0.1) is 0 Å². The summed E-state index contributed by atoms with van der Waals surface area (Å²) in [6.45, 7) is 0. The Kier molecular flexibility index (Phi) is 4.07. The maximum Gasteiger partial charge on any atom is 0.147 e. The number of benzene rings is 2. The van der Waals surface area contributed by atoms with Crippen molar-refractivity contribution in [1.82, 2.24) is 9.55 Å². The van der Waals surface area contributed by atoms with Gasteiger partial charge in [0.25, 0.3) is 0 Å². The molecule has 0 amide bonds. The first-order valence-electron chi connectivity index (χ1n) is 6.54. The largest absolute Gasteiger partial charge is 0.507 e. The second-order valence-corrected chi connectivity index (χ2v) is 5.37. The van der Waals surface area contributed by atoms with Crippen LogP contribution in [0.5, 0.6) is 5.75 Å². The fraction of sp³-hybridized carbons (Fsp3) is 0. The van der Waals surface area contributed by atoms with Gasteiger partial charge in [-0.2, -0.15) is 0 Å². The van der Waals surface area contributed by atoms with Crippen molar-refractivity contribution in [2.75, 3.05) is 0 Å². The third-order valence-electron chi connectivity index (χ3n) is 2.98. The lowest BCUT2D eigenvalue weighted by Crippen LogP contribution is -1.90. The standard InChI is InChI=1S/C17H14N2OS/c20-16-9-5-4-8-15(16)17-18-10-11-19(17)12-13-21-14-6-2-1-3-7-14/h1-13,20H. The zero-order valence-corrected chi connectivity index (χ0v) is 12.1. The third kappa shape index (κ3) is 3.17. The zero-order valence-electron chi connectivity index (χ0n) is 11.3. The van der Waals surface area contributed by atoms with Gasteiger partial charge in [-0.25, -0.2) is 4.98 Å². The van der Waals surface area contributed by atoms with E-state index < -0.39 is 0 Å². The Morgan fingerprint density at radius 1 is 1.00 bits per heavy atom. The molecular formula is C17H14N2OS. The molecule has 0 aliphatic heterocycles. The van der Waals surface area contributed by atoms with Crippen LogP contribution < -0.4 is 0 Å². The van der Waals surface area contributed by atoms with Crippen molar-refractivity contribution in [3.05, 3.63) is 72.4 Å². The molecule has 0 aliphatic carbocycles. The predicted molar refractivity (Wildman–Crippen MR) is 87.0 cm³/mol. The number of hydrogen-bond acceptors (Lipinski definition) is 3. The minimum absolute atomic E-state index is 0.231. The van der Waals surface area contributed by atoms with Gasteiger partial charge in [0.2, 0.25) is 0 Å². The molecule has 0 unspecified atom stereocenters. The minimum Gasteiger partial charge on any atom is -0.507 e. The molecule has 0 aliphatic rings. The van der Waals surface area contributed by atoms with E-state index in [1.807, 2.05) is 52.7 Å². The SMILES string of the molecule is Oc1ccccc1-c1nccn1C=CSc1ccccc1. The van der Waals surface area contributed by atoms with Crippen molar-refractivity contribution in [3.63, 3.8) is 0 Å². The minimum atomic E-state index is 0.231. The summed E-state index contributed by atoms with van der Waals surface area (Å²) in [7, 11) is 0. The number of nitrogens with zero attached hydrogens (tertiary/aromatic N) is 2. The number of imidazole rings is 1. The summed E-state index contributed by atoms with van der Waals surface area (Å²) in [6.07, 6.45) is 5.52. The van der Waals surface area contributed by atoms with E-state index in [0.717, 1.165) is 11.4 Å². The molecule has 0 bridgehead atoms. The number of thioether (sulfide) groups is 1. The highest BCUT2D eigenvalue weighted by molar-refractivity contribution is 8.02. The highest BCUT2D eigenvalue weighted by Crippen LogP contribution is 2.27. The van der Waals surface area contributed by atoms with Crippen LogP contribution in [0.2, 0.25) is 0 Å². The second-order valence-electron chi connectivity index (χ2n) is 4.39. The lowest BCUT2D eigenvalue weighted by molar-refractivity contribution is 0.477.